The molecule has 0 radical (unpaired) electrons. The van der Waals surface area contributed by atoms with Gasteiger partial charge in [-0.1, -0.05) is 50.9 Å². The fraction of sp³-hybridized carbons (Fsp3) is 0.667. The van der Waals surface area contributed by atoms with E-state index in [9.17, 15) is 0 Å². The lowest BCUT2D eigenvalue weighted by Gasteiger charge is -2.28. The summed E-state index contributed by atoms with van der Waals surface area (Å²) in [6.07, 6.45) is 11.1. The maximum Gasteiger partial charge on any atom is 0.0880 e. The first kappa shape index (κ1) is 15.5. The molecule has 106 valence electrons. The van der Waals surface area contributed by atoms with Gasteiger partial charge in [0.25, 0.3) is 0 Å². The summed E-state index contributed by atoms with van der Waals surface area (Å²) in [6.45, 7) is 2.18. The van der Waals surface area contributed by atoms with Crippen LogP contribution in [0.4, 0.5) is 0 Å². The molecule has 1 saturated heterocycles. The first-order valence-corrected chi connectivity index (χ1v) is 8.69. The number of halogens is 2. The SMILES string of the molecule is CC[C@H](Br)[C@H]1C/C=C\C[C@@H]2O[C@H](C=C=CBr)C[C@@H]2O1. The van der Waals surface area contributed by atoms with Gasteiger partial charge in [0.15, 0.2) is 0 Å². The molecular formula is C15H20Br2O2. The summed E-state index contributed by atoms with van der Waals surface area (Å²) in [7, 11) is 0. The van der Waals surface area contributed by atoms with Gasteiger partial charge >= 0.3 is 0 Å². The van der Waals surface area contributed by atoms with Gasteiger partial charge in [-0.05, 0) is 25.3 Å². The maximum absolute atomic E-state index is 6.29. The topological polar surface area (TPSA) is 18.5 Å². The number of fused-ring (bicyclic) bond motifs is 1. The number of hydrogen-bond acceptors (Lipinski definition) is 2. The molecule has 0 spiro atoms. The van der Waals surface area contributed by atoms with Gasteiger partial charge in [-0.2, -0.15) is 0 Å². The van der Waals surface area contributed by atoms with E-state index >= 15 is 0 Å². The second-order valence-corrected chi connectivity index (χ2v) is 6.61. The average molecular weight is 392 g/mol. The lowest BCUT2D eigenvalue weighted by molar-refractivity contribution is -0.0540. The number of rotatable bonds is 3. The molecule has 2 aliphatic heterocycles. The standard InChI is InChI=1S/C15H20Br2O2/c1-2-12(17)13-7-3-4-8-14-15(19-13)10-11(18-14)6-5-9-16/h3-4,6,9,11-15H,2,7-8,10H2,1H3/b4-3-/t5?,11-,12+,13-,14+,15+/m1/s1. The van der Waals surface area contributed by atoms with Crippen molar-refractivity contribution >= 4 is 31.9 Å². The van der Waals surface area contributed by atoms with Gasteiger partial charge in [0.1, 0.15) is 0 Å². The van der Waals surface area contributed by atoms with Gasteiger partial charge in [-0.3, -0.25) is 0 Å². The highest BCUT2D eigenvalue weighted by atomic mass is 79.9. The van der Waals surface area contributed by atoms with E-state index in [-0.39, 0.29) is 24.4 Å². The summed E-state index contributed by atoms with van der Waals surface area (Å²) < 4.78 is 12.3. The fourth-order valence-electron chi connectivity index (χ4n) is 2.59. The van der Waals surface area contributed by atoms with Crippen LogP contribution in [0.5, 0.6) is 0 Å². The minimum atomic E-state index is 0.117. The van der Waals surface area contributed by atoms with Crippen molar-refractivity contribution < 1.29 is 9.47 Å². The summed E-state index contributed by atoms with van der Waals surface area (Å²) in [5.74, 6) is 0. The van der Waals surface area contributed by atoms with Crippen LogP contribution in [0.3, 0.4) is 0 Å². The molecule has 2 rings (SSSR count). The van der Waals surface area contributed by atoms with Crippen molar-refractivity contribution in [2.24, 2.45) is 0 Å². The van der Waals surface area contributed by atoms with Crippen LogP contribution in [0.1, 0.15) is 32.6 Å². The Kier molecular flexibility index (Phi) is 6.37. The van der Waals surface area contributed by atoms with E-state index in [1.165, 1.54) is 0 Å². The van der Waals surface area contributed by atoms with E-state index in [0.717, 1.165) is 25.7 Å². The molecule has 2 nitrogen and oxygen atoms in total. The van der Waals surface area contributed by atoms with Gasteiger partial charge < -0.3 is 9.47 Å². The molecule has 5 atom stereocenters. The van der Waals surface area contributed by atoms with Crippen LogP contribution in [0.25, 0.3) is 0 Å². The lowest BCUT2D eigenvalue weighted by atomic mass is 10.0. The third-order valence-electron chi connectivity index (χ3n) is 3.62. The molecule has 0 N–H and O–H groups in total. The van der Waals surface area contributed by atoms with Crippen LogP contribution in [-0.4, -0.2) is 29.2 Å². The van der Waals surface area contributed by atoms with Crippen molar-refractivity contribution in [3.05, 3.63) is 28.9 Å². The van der Waals surface area contributed by atoms with Crippen molar-refractivity contribution in [2.45, 2.75) is 61.9 Å². The molecule has 0 aliphatic carbocycles. The molecule has 0 bridgehead atoms. The van der Waals surface area contributed by atoms with Crippen LogP contribution in [0, 0.1) is 0 Å². The van der Waals surface area contributed by atoms with E-state index in [1.54, 1.807) is 4.99 Å². The summed E-state index contributed by atoms with van der Waals surface area (Å²) in [6, 6.07) is 0. The van der Waals surface area contributed by atoms with Gasteiger partial charge in [-0.15, -0.1) is 5.73 Å². The van der Waals surface area contributed by atoms with Gasteiger partial charge in [-0.25, -0.2) is 0 Å². The predicted octanol–water partition coefficient (Wildman–Crippen LogP) is 4.48. The first-order valence-electron chi connectivity index (χ1n) is 6.85. The largest absolute Gasteiger partial charge is 0.371 e. The molecule has 0 aromatic heterocycles. The van der Waals surface area contributed by atoms with Gasteiger partial charge in [0.05, 0.1) is 24.4 Å². The Morgan fingerprint density at radius 3 is 2.84 bits per heavy atom. The highest BCUT2D eigenvalue weighted by molar-refractivity contribution is 9.11. The lowest BCUT2D eigenvalue weighted by Crippen LogP contribution is -2.34. The van der Waals surface area contributed by atoms with Crippen LogP contribution in [0.2, 0.25) is 0 Å². The molecule has 0 aromatic carbocycles. The van der Waals surface area contributed by atoms with Gasteiger partial charge in [0.2, 0.25) is 0 Å². The minimum Gasteiger partial charge on any atom is -0.371 e. The summed E-state index contributed by atoms with van der Waals surface area (Å²) in [5.41, 5.74) is 3.04. The van der Waals surface area contributed by atoms with E-state index in [1.807, 2.05) is 6.08 Å². The van der Waals surface area contributed by atoms with Crippen LogP contribution in [-0.2, 0) is 9.47 Å². The molecule has 0 saturated carbocycles. The van der Waals surface area contributed by atoms with E-state index in [0.29, 0.717) is 4.83 Å². The third kappa shape index (κ3) is 4.30. The number of hydrogen-bond donors (Lipinski definition) is 0. The zero-order valence-corrected chi connectivity index (χ0v) is 14.3. The minimum absolute atomic E-state index is 0.117. The molecular weight excluding hydrogens is 372 g/mol. The van der Waals surface area contributed by atoms with Crippen molar-refractivity contribution in [1.82, 2.24) is 0 Å². The summed E-state index contributed by atoms with van der Waals surface area (Å²) >= 11 is 6.95. The summed E-state index contributed by atoms with van der Waals surface area (Å²) in [4.78, 5) is 2.14. The fourth-order valence-corrected chi connectivity index (χ4v) is 3.08. The molecule has 0 aromatic rings. The smallest absolute Gasteiger partial charge is 0.0880 e. The van der Waals surface area contributed by atoms with Crippen LogP contribution >= 0.6 is 31.9 Å². The summed E-state index contributed by atoms with van der Waals surface area (Å²) in [5, 5.41) is 0. The molecule has 2 heterocycles. The molecule has 2 aliphatic rings. The van der Waals surface area contributed by atoms with E-state index in [4.69, 9.17) is 9.47 Å². The molecule has 0 unspecified atom stereocenters. The number of alkyl halides is 1. The highest BCUT2D eigenvalue weighted by Gasteiger charge is 2.37. The number of ether oxygens (including phenoxy) is 2. The van der Waals surface area contributed by atoms with Crippen molar-refractivity contribution in [3.63, 3.8) is 0 Å². The van der Waals surface area contributed by atoms with E-state index in [2.05, 4.69) is 56.7 Å². The van der Waals surface area contributed by atoms with Crippen molar-refractivity contribution in [3.8, 4) is 0 Å². The molecule has 19 heavy (non-hydrogen) atoms. The average Bonchev–Trinajstić information content (AvgIpc) is 2.77. The molecule has 0 amide bonds. The van der Waals surface area contributed by atoms with Crippen LogP contribution in [0.15, 0.2) is 28.9 Å². The Labute approximate surface area is 132 Å². The quantitative estimate of drug-likeness (QED) is 0.401. The maximum atomic E-state index is 6.29. The molecule has 4 heteroatoms. The second kappa shape index (κ2) is 7.80. The Bertz CT molecular complexity index is 374. The third-order valence-corrected chi connectivity index (χ3v) is 5.12. The molecule has 1 fully saturated rings. The second-order valence-electron chi connectivity index (χ2n) is 4.97. The zero-order valence-electron chi connectivity index (χ0n) is 11.1. The Hall–Kier alpha value is 0.140. The predicted molar refractivity (Wildman–Crippen MR) is 84.9 cm³/mol. The van der Waals surface area contributed by atoms with Crippen molar-refractivity contribution in [1.29, 1.82) is 0 Å². The normalized spacial score (nSPS) is 37.4. The van der Waals surface area contributed by atoms with E-state index < -0.39 is 0 Å². The Morgan fingerprint density at radius 1 is 1.32 bits per heavy atom. The van der Waals surface area contributed by atoms with Crippen LogP contribution < -0.4 is 0 Å². The Morgan fingerprint density at radius 2 is 2.11 bits per heavy atom. The Balaban J connectivity index is 2.04. The first-order chi connectivity index (χ1) is 9.24. The highest BCUT2D eigenvalue weighted by Crippen LogP contribution is 2.31. The monoisotopic (exact) mass is 390 g/mol. The van der Waals surface area contributed by atoms with Crippen molar-refractivity contribution in [2.75, 3.05) is 0 Å². The zero-order chi connectivity index (χ0) is 13.7. The van der Waals surface area contributed by atoms with Gasteiger partial charge in [0, 0.05) is 16.2 Å².